The highest BCUT2D eigenvalue weighted by atomic mass is 127. The van der Waals surface area contributed by atoms with Gasteiger partial charge in [-0.1, -0.05) is 5.16 Å². The van der Waals surface area contributed by atoms with Gasteiger partial charge in [-0.25, -0.2) is 0 Å². The van der Waals surface area contributed by atoms with Gasteiger partial charge in [0.05, 0.1) is 20.8 Å². The first kappa shape index (κ1) is 24.0. The van der Waals surface area contributed by atoms with E-state index < -0.39 is 0 Å². The van der Waals surface area contributed by atoms with Crippen LogP contribution in [0.2, 0.25) is 0 Å². The third-order valence-electron chi connectivity index (χ3n) is 4.74. The molecule has 1 aromatic carbocycles. The Hall–Kier alpha value is -2.24. The third kappa shape index (κ3) is 6.64. The van der Waals surface area contributed by atoms with E-state index in [1.807, 2.05) is 25.1 Å². The summed E-state index contributed by atoms with van der Waals surface area (Å²) in [6, 6.07) is 6.26. The second kappa shape index (κ2) is 11.8. The number of hydrogen-bond donors (Lipinski definition) is 2. The number of halogens is 1. The monoisotopic (exact) mass is 530 g/mol. The Morgan fingerprint density at radius 1 is 1.27 bits per heavy atom. The van der Waals surface area contributed by atoms with Crippen LogP contribution in [0.15, 0.2) is 27.7 Å². The molecule has 0 saturated carbocycles. The van der Waals surface area contributed by atoms with Gasteiger partial charge in [0, 0.05) is 56.0 Å². The number of aryl methyl sites for hydroxylation is 1. The molecule has 9 nitrogen and oxygen atoms in total. The minimum atomic E-state index is 0. The van der Waals surface area contributed by atoms with Gasteiger partial charge in [0.1, 0.15) is 11.5 Å². The molecule has 2 N–H and O–H groups in total. The number of aromatic nitrogens is 2. The van der Waals surface area contributed by atoms with Gasteiger partial charge in [-0.05, 0) is 20.3 Å². The lowest BCUT2D eigenvalue weighted by molar-refractivity contribution is 0.376. The molecule has 1 unspecified atom stereocenters. The highest BCUT2D eigenvalue weighted by molar-refractivity contribution is 14.0. The van der Waals surface area contributed by atoms with Crippen LogP contribution in [0, 0.1) is 6.92 Å². The predicted molar refractivity (Wildman–Crippen MR) is 127 cm³/mol. The number of benzene rings is 1. The molecular formula is C20H31IN6O3. The fourth-order valence-corrected chi connectivity index (χ4v) is 3.31. The maximum absolute atomic E-state index is 5.39. The van der Waals surface area contributed by atoms with Crippen LogP contribution in [0.25, 0.3) is 0 Å². The summed E-state index contributed by atoms with van der Waals surface area (Å²) in [5.74, 6) is 3.65. The minimum absolute atomic E-state index is 0. The second-order valence-corrected chi connectivity index (χ2v) is 6.89. The molecule has 0 spiro atoms. The summed E-state index contributed by atoms with van der Waals surface area (Å²) >= 11 is 0. The normalized spacial score (nSPS) is 16.2. The van der Waals surface area contributed by atoms with Crippen molar-refractivity contribution >= 4 is 35.6 Å². The maximum atomic E-state index is 5.39. The molecule has 0 bridgehead atoms. The largest absolute Gasteiger partial charge is 0.497 e. The van der Waals surface area contributed by atoms with Crippen LogP contribution in [0.1, 0.15) is 25.1 Å². The molecule has 0 radical (unpaired) electrons. The van der Waals surface area contributed by atoms with Crippen LogP contribution >= 0.6 is 24.0 Å². The Bertz CT molecular complexity index is 806. The van der Waals surface area contributed by atoms with E-state index in [1.165, 1.54) is 0 Å². The van der Waals surface area contributed by atoms with Crippen molar-refractivity contribution in [3.8, 4) is 11.5 Å². The third-order valence-corrected chi connectivity index (χ3v) is 4.74. The molecule has 2 heterocycles. The average molecular weight is 530 g/mol. The van der Waals surface area contributed by atoms with Crippen molar-refractivity contribution in [1.82, 2.24) is 20.8 Å². The van der Waals surface area contributed by atoms with Crippen molar-refractivity contribution < 1.29 is 14.0 Å². The maximum Gasteiger partial charge on any atom is 0.228 e. The number of methoxy groups -OCH3 is 2. The number of rotatable bonds is 8. The van der Waals surface area contributed by atoms with E-state index in [1.54, 1.807) is 14.2 Å². The molecule has 0 amide bonds. The lowest BCUT2D eigenvalue weighted by atomic mass is 10.2. The van der Waals surface area contributed by atoms with E-state index >= 15 is 0 Å². The SMILES string of the molecule is CCNC(=NCCc1nc(C)no1)NC1CCN(c2cc(OC)cc(OC)c2)C1.I. The van der Waals surface area contributed by atoms with Crippen LogP contribution in [0.4, 0.5) is 5.69 Å². The molecule has 0 aliphatic carbocycles. The van der Waals surface area contributed by atoms with Gasteiger partial charge < -0.3 is 29.5 Å². The highest BCUT2D eigenvalue weighted by Crippen LogP contribution is 2.30. The van der Waals surface area contributed by atoms with Crippen LogP contribution < -0.4 is 25.0 Å². The van der Waals surface area contributed by atoms with Crippen molar-refractivity contribution in [2.24, 2.45) is 4.99 Å². The molecular weight excluding hydrogens is 499 g/mol. The second-order valence-electron chi connectivity index (χ2n) is 6.89. The van der Waals surface area contributed by atoms with E-state index in [0.29, 0.717) is 30.7 Å². The topological polar surface area (TPSA) is 97.0 Å². The van der Waals surface area contributed by atoms with Crippen molar-refractivity contribution in [3.63, 3.8) is 0 Å². The summed E-state index contributed by atoms with van der Waals surface area (Å²) in [7, 11) is 3.34. The Labute approximate surface area is 194 Å². The summed E-state index contributed by atoms with van der Waals surface area (Å²) < 4.78 is 15.9. The molecule has 1 saturated heterocycles. The lowest BCUT2D eigenvalue weighted by Gasteiger charge is -2.21. The summed E-state index contributed by atoms with van der Waals surface area (Å²) in [6.07, 6.45) is 1.64. The van der Waals surface area contributed by atoms with Crippen molar-refractivity contribution in [3.05, 3.63) is 29.9 Å². The quantitative estimate of drug-likeness (QED) is 0.305. The van der Waals surface area contributed by atoms with E-state index in [-0.39, 0.29) is 24.0 Å². The fourth-order valence-electron chi connectivity index (χ4n) is 3.31. The molecule has 1 fully saturated rings. The molecule has 10 heteroatoms. The number of nitrogens with zero attached hydrogens (tertiary/aromatic N) is 4. The predicted octanol–water partition coefficient (Wildman–Crippen LogP) is 2.39. The van der Waals surface area contributed by atoms with Gasteiger partial charge in [-0.2, -0.15) is 4.98 Å². The Balaban J connectivity index is 0.00000320. The fraction of sp³-hybridized carbons (Fsp3) is 0.550. The van der Waals surface area contributed by atoms with Crippen LogP contribution in [-0.2, 0) is 6.42 Å². The first-order chi connectivity index (χ1) is 14.1. The van der Waals surface area contributed by atoms with Crippen molar-refractivity contribution in [2.45, 2.75) is 32.7 Å². The van der Waals surface area contributed by atoms with E-state index in [2.05, 4.69) is 37.6 Å². The van der Waals surface area contributed by atoms with E-state index in [0.717, 1.165) is 49.2 Å². The molecule has 1 aliphatic heterocycles. The summed E-state index contributed by atoms with van der Waals surface area (Å²) in [5, 5.41) is 10.6. The summed E-state index contributed by atoms with van der Waals surface area (Å²) in [6.45, 7) is 7.08. The highest BCUT2D eigenvalue weighted by Gasteiger charge is 2.24. The molecule has 2 aromatic rings. The molecule has 1 aromatic heterocycles. The van der Waals surface area contributed by atoms with Crippen LogP contribution in [0.3, 0.4) is 0 Å². The van der Waals surface area contributed by atoms with Gasteiger partial charge in [-0.3, -0.25) is 4.99 Å². The van der Waals surface area contributed by atoms with Crippen molar-refractivity contribution in [1.29, 1.82) is 0 Å². The average Bonchev–Trinajstić information content (AvgIpc) is 3.36. The standard InChI is InChI=1S/C20H30N6O3.HI/c1-5-21-20(22-8-6-19-23-14(2)25-29-19)24-15-7-9-26(13-15)16-10-17(27-3)12-18(11-16)28-4;/h10-12,15H,5-9,13H2,1-4H3,(H2,21,22,24);1H. The van der Waals surface area contributed by atoms with Crippen molar-refractivity contribution in [2.75, 3.05) is 45.3 Å². The lowest BCUT2D eigenvalue weighted by Crippen LogP contribution is -2.44. The minimum Gasteiger partial charge on any atom is -0.497 e. The number of hydrogen-bond acceptors (Lipinski definition) is 7. The summed E-state index contributed by atoms with van der Waals surface area (Å²) in [4.78, 5) is 11.2. The smallest absolute Gasteiger partial charge is 0.228 e. The van der Waals surface area contributed by atoms with Gasteiger partial charge >= 0.3 is 0 Å². The number of anilines is 1. The molecule has 30 heavy (non-hydrogen) atoms. The van der Waals surface area contributed by atoms with Gasteiger partial charge in [0.2, 0.25) is 5.89 Å². The zero-order valence-corrected chi connectivity index (χ0v) is 20.3. The van der Waals surface area contributed by atoms with Crippen LogP contribution in [0.5, 0.6) is 11.5 Å². The number of aliphatic imine (C=N–C) groups is 1. The molecule has 3 rings (SSSR count). The van der Waals surface area contributed by atoms with E-state index in [9.17, 15) is 0 Å². The first-order valence-corrected chi connectivity index (χ1v) is 9.93. The Morgan fingerprint density at radius 2 is 2.00 bits per heavy atom. The van der Waals surface area contributed by atoms with Crippen LogP contribution in [-0.4, -0.2) is 62.5 Å². The molecule has 1 atom stereocenters. The van der Waals surface area contributed by atoms with Gasteiger partial charge in [0.25, 0.3) is 0 Å². The van der Waals surface area contributed by atoms with Gasteiger partial charge in [-0.15, -0.1) is 24.0 Å². The number of nitrogens with one attached hydrogen (secondary N) is 2. The van der Waals surface area contributed by atoms with E-state index in [4.69, 9.17) is 14.0 Å². The zero-order valence-electron chi connectivity index (χ0n) is 18.0. The van der Waals surface area contributed by atoms with Gasteiger partial charge in [0.15, 0.2) is 11.8 Å². The Morgan fingerprint density at radius 3 is 2.60 bits per heavy atom. The zero-order chi connectivity index (χ0) is 20.6. The Kier molecular flexibility index (Phi) is 9.47. The first-order valence-electron chi connectivity index (χ1n) is 9.93. The summed E-state index contributed by atoms with van der Waals surface area (Å²) in [5.41, 5.74) is 1.10. The molecule has 1 aliphatic rings. The molecule has 166 valence electrons. The number of ether oxygens (including phenoxy) is 2. The number of guanidine groups is 1.